The number of hydrogen-bond donors (Lipinski definition) is 9. The number of nitrogens with zero attached hydrogens (tertiary/aromatic N) is 2. The summed E-state index contributed by atoms with van der Waals surface area (Å²) in [6, 6.07) is 80.4. The highest BCUT2D eigenvalue weighted by molar-refractivity contribution is 9.10. The molecule has 0 fully saturated rings. The van der Waals surface area contributed by atoms with Crippen LogP contribution >= 0.6 is 61.5 Å². The molecule has 36 heteroatoms. The van der Waals surface area contributed by atoms with Gasteiger partial charge in [-0.05, 0) is 176 Å². The highest BCUT2D eigenvalue weighted by Gasteiger charge is 2.36. The maximum absolute atomic E-state index is 12.8. The van der Waals surface area contributed by atoms with Crippen molar-refractivity contribution in [2.45, 2.75) is 52.4 Å². The zero-order chi connectivity index (χ0) is 107. The maximum atomic E-state index is 12.8. The number of halogens is 8. The number of amides is 6. The molecular formula is C114H77BrClF6N11O14S3. The molecule has 6 amide bonds. The van der Waals surface area contributed by atoms with E-state index in [4.69, 9.17) is 16.3 Å². The molecule has 0 radical (unpaired) electrons. The predicted molar refractivity (Wildman–Crippen MR) is 571 cm³/mol. The van der Waals surface area contributed by atoms with Crippen molar-refractivity contribution in [2.24, 2.45) is 0 Å². The van der Waals surface area contributed by atoms with Gasteiger partial charge in [0, 0.05) is 114 Å². The molecule has 9 N–H and O–H groups in total. The van der Waals surface area contributed by atoms with Gasteiger partial charge in [-0.15, -0.1) is 34.0 Å². The number of alkyl halides is 6. The van der Waals surface area contributed by atoms with Crippen LogP contribution in [0.4, 0.5) is 58.4 Å². The first kappa shape index (κ1) is 105. The van der Waals surface area contributed by atoms with Crippen LogP contribution in [0, 0.1) is 36.5 Å². The van der Waals surface area contributed by atoms with Crippen LogP contribution < -0.4 is 31.9 Å². The van der Waals surface area contributed by atoms with E-state index in [1.54, 1.807) is 79.7 Å². The first-order valence-electron chi connectivity index (χ1n) is 45.6. The summed E-state index contributed by atoms with van der Waals surface area (Å²) in [5.74, 6) is -9.34. The minimum absolute atomic E-state index is 0.0880. The van der Waals surface area contributed by atoms with Crippen molar-refractivity contribution in [3.8, 4) is 12.1 Å². The molecule has 746 valence electrons. The Morgan fingerprint density at radius 2 is 0.707 bits per heavy atom. The van der Waals surface area contributed by atoms with E-state index in [1.165, 1.54) is 52.6 Å². The third-order valence-corrected chi connectivity index (χ3v) is 27.9. The summed E-state index contributed by atoms with van der Waals surface area (Å²) < 4.78 is 84.5. The van der Waals surface area contributed by atoms with Crippen molar-refractivity contribution in [3.63, 3.8) is 0 Å². The Hall–Kier alpha value is -18.0. The number of ether oxygens (including phenoxy) is 1. The normalized spacial score (nSPS) is 11.8. The van der Waals surface area contributed by atoms with Gasteiger partial charge in [0.25, 0.3) is 70.1 Å². The number of carbonyl (C=O) groups is 13. The van der Waals surface area contributed by atoms with Gasteiger partial charge in [-0.2, -0.15) is 36.9 Å². The Balaban J connectivity index is 0.000000128. The van der Waals surface area contributed by atoms with E-state index >= 15 is 0 Å². The average Bonchev–Trinajstić information content (AvgIpc) is 1.59. The second-order valence-corrected chi connectivity index (χ2v) is 37.9. The van der Waals surface area contributed by atoms with Gasteiger partial charge >= 0.3 is 18.3 Å². The number of aryl methyl sites for hydroxylation is 2. The van der Waals surface area contributed by atoms with Crippen molar-refractivity contribution in [3.05, 3.63) is 408 Å². The molecule has 18 aromatic rings. The van der Waals surface area contributed by atoms with E-state index in [0.717, 1.165) is 116 Å². The topological polar surface area (TPSA) is 398 Å². The van der Waals surface area contributed by atoms with Crippen molar-refractivity contribution in [2.75, 3.05) is 38.5 Å². The third-order valence-electron chi connectivity index (χ3n) is 23.9. The summed E-state index contributed by atoms with van der Waals surface area (Å²) >= 11 is 13.0. The largest absolute Gasteiger partial charge is 0.462 e. The molecule has 3 aliphatic rings. The number of anilines is 6. The van der Waals surface area contributed by atoms with Gasteiger partial charge in [0.15, 0.2) is 0 Å². The van der Waals surface area contributed by atoms with Crippen LogP contribution in [0.1, 0.15) is 115 Å². The molecule has 0 atom stereocenters. The number of Topliss-reactive ketones (excluding diaryl/α,β-unsaturated/α-hetero) is 6. The standard InChI is InChI=1S/C21H16N2O4S.C19H16BrNO2.2C19H11N3O2S.C18H11ClF3NO2.C18H12F3NO2/c1-2-27-21(26)17-13-8-4-6-10-16(13)28-20(17)23-19(25)18(24)14-11-22-15-9-5-3-7-12(14)15;1-11-9-14(20)10-12(2)17(11)21-19(23)18(22)16-8-7-13-5-3-4-6-15(13)16;2*20-9-13-12-6-2-4-8-16(12)25-19(13)22-18(24)17(23)14-10-21-15-7-3-1-5-11(14)15;19-14-8-6-11(18(20,21)22)9-15(14)23-17(25)16(24)13-7-5-10-3-1-2-4-12(10)13;19-18(20,21)12-6-8-13(9-7-12)22-17(24)16(23)15-10-5-11-3-1-2-4-14(11)15/h3-11,22H,2H2,1H3,(H,23,25);3-6,8-10H,7H2,1-2H3,(H,21,23);2*1-8,10,21H,(H,22,24);1-4,6-9H,5H2,(H,23,25);1-4,6-10H,5H2,(H,22,24). The van der Waals surface area contributed by atoms with Crippen molar-refractivity contribution < 1.29 is 93.4 Å². The number of aromatic amines is 3. The van der Waals surface area contributed by atoms with E-state index in [9.17, 15) is 99.2 Å². The predicted octanol–water partition coefficient (Wildman–Crippen LogP) is 25.1. The number of benzene rings is 12. The fourth-order valence-electron chi connectivity index (χ4n) is 16.7. The van der Waals surface area contributed by atoms with Crippen molar-refractivity contribution in [1.29, 1.82) is 10.5 Å². The number of fused-ring (bicyclic) bond motifs is 9. The van der Waals surface area contributed by atoms with Gasteiger partial charge in [-0.3, -0.25) is 57.5 Å². The van der Waals surface area contributed by atoms with E-state index in [-0.39, 0.29) is 39.7 Å². The maximum Gasteiger partial charge on any atom is 0.416 e. The third kappa shape index (κ3) is 23.3. The fourth-order valence-corrected chi connectivity index (χ4v) is 20.7. The number of hydrogen-bond acceptors (Lipinski definition) is 19. The van der Waals surface area contributed by atoms with Crippen LogP contribution in [0.25, 0.3) is 79.7 Å². The monoisotopic (exact) mass is 2150 g/mol. The number of rotatable bonds is 20. The molecule has 25 nitrogen and oxygen atoms in total. The molecule has 0 saturated carbocycles. The summed E-state index contributed by atoms with van der Waals surface area (Å²) in [7, 11) is 0. The summed E-state index contributed by atoms with van der Waals surface area (Å²) in [6.07, 6.45) is 2.47. The number of para-hydroxylation sites is 3. The first-order valence-corrected chi connectivity index (χ1v) is 49.2. The average molecular weight is 2150 g/mol. The number of aromatic nitrogens is 3. The zero-order valence-corrected chi connectivity index (χ0v) is 83.4. The Bertz CT molecular complexity index is 8560. The van der Waals surface area contributed by atoms with Crippen molar-refractivity contribution in [1.82, 2.24) is 15.0 Å². The molecule has 6 heterocycles. The van der Waals surface area contributed by atoms with Crippen LogP contribution in [0.15, 0.2) is 314 Å². The highest BCUT2D eigenvalue weighted by atomic mass is 79.9. The minimum atomic E-state index is -4.58. The molecule has 21 rings (SSSR count). The summed E-state index contributed by atoms with van der Waals surface area (Å²) in [6.45, 7) is 5.74. The lowest BCUT2D eigenvalue weighted by Gasteiger charge is -2.12. The summed E-state index contributed by atoms with van der Waals surface area (Å²) in [5, 5.41) is 39.1. The molecule has 0 unspecified atom stereocenters. The Kier molecular flexibility index (Phi) is 32.0. The van der Waals surface area contributed by atoms with Gasteiger partial charge in [0.1, 0.15) is 32.7 Å². The molecular weight excluding hydrogens is 2070 g/mol. The van der Waals surface area contributed by atoms with Gasteiger partial charge in [-0.1, -0.05) is 228 Å². The van der Waals surface area contributed by atoms with Gasteiger partial charge in [-0.25, -0.2) is 4.79 Å². The molecule has 0 saturated heterocycles. The summed E-state index contributed by atoms with van der Waals surface area (Å²) in [5.41, 5.74) is 11.1. The summed E-state index contributed by atoms with van der Waals surface area (Å²) in [4.78, 5) is 170. The number of allylic oxidation sites excluding steroid dienone is 3. The highest BCUT2D eigenvalue weighted by Crippen LogP contribution is 2.42. The Labute approximate surface area is 873 Å². The van der Waals surface area contributed by atoms with Gasteiger partial charge < -0.3 is 51.6 Å². The number of carbonyl (C=O) groups excluding carboxylic acids is 13. The molecule has 0 aliphatic heterocycles. The van der Waals surface area contributed by atoms with E-state index in [2.05, 4.69) is 74.9 Å². The quantitative estimate of drug-likeness (QED) is 0.0148. The molecule has 150 heavy (non-hydrogen) atoms. The lowest BCUT2D eigenvalue weighted by molar-refractivity contribution is -0.138. The van der Waals surface area contributed by atoms with E-state index in [0.29, 0.717) is 112 Å². The lowest BCUT2D eigenvalue weighted by atomic mass is 10.0. The SMILES string of the molecule is CCOC(=O)c1c(NC(=O)C(=O)c2c[nH]c3ccccc23)sc2ccccc12.Cc1cc(Br)cc(C)c1NC(=O)C(=O)C1=CCc2ccccc21.N#Cc1c(NC(=O)C(=O)c2c[nH]c3ccccc23)sc2ccccc12.N#Cc1c(NC(=O)C(=O)c2c[nH]c3ccccc23)sc2ccccc12.O=C(Nc1cc(C(F)(F)F)ccc1Cl)C(=O)C1=CCc2ccccc21.O=C(Nc1ccc(C(F)(F)F)cc1)C(=O)C1=CCc2ccccc21. The van der Waals surface area contributed by atoms with Crippen LogP contribution in [-0.4, -0.2) is 97.7 Å². The van der Waals surface area contributed by atoms with Crippen LogP contribution in [-0.2, 0) is 79.5 Å². The molecule has 12 aromatic carbocycles. The Morgan fingerprint density at radius 3 is 1.10 bits per heavy atom. The van der Waals surface area contributed by atoms with Crippen LogP contribution in [0.3, 0.4) is 0 Å². The zero-order valence-electron chi connectivity index (χ0n) is 78.6. The number of H-pyrrole nitrogens is 3. The smallest absolute Gasteiger partial charge is 0.416 e. The number of ketones is 6. The van der Waals surface area contributed by atoms with Gasteiger partial charge in [0.2, 0.25) is 0 Å². The fraction of sp³-hybridized carbons (Fsp3) is 0.0789. The first-order chi connectivity index (χ1) is 72.1. The molecule has 6 aromatic heterocycles. The number of nitrogens with one attached hydrogen (secondary N) is 9. The van der Waals surface area contributed by atoms with Gasteiger partial charge in [0.05, 0.1) is 56.3 Å². The van der Waals surface area contributed by atoms with E-state index < -0.39 is 99.6 Å². The van der Waals surface area contributed by atoms with Crippen LogP contribution in [0.2, 0.25) is 5.02 Å². The van der Waals surface area contributed by atoms with Crippen LogP contribution in [0.5, 0.6) is 0 Å². The second-order valence-electron chi connectivity index (χ2n) is 33.4. The van der Waals surface area contributed by atoms with E-state index in [1.807, 2.05) is 190 Å². The second kappa shape index (κ2) is 45.7. The lowest BCUT2D eigenvalue weighted by Crippen LogP contribution is -2.24. The Morgan fingerprint density at radius 1 is 0.380 bits per heavy atom. The van der Waals surface area contributed by atoms with Crippen molar-refractivity contribution >= 4 is 249 Å². The number of thiophene rings is 3. The number of esters is 1. The molecule has 3 aliphatic carbocycles. The molecule has 0 bridgehead atoms. The minimum Gasteiger partial charge on any atom is -0.462 e. The number of nitriles is 2. The molecule has 0 spiro atoms.